The number of rotatable bonds is 0. The van der Waals surface area contributed by atoms with E-state index in [0.717, 1.165) is 6.07 Å². The Morgan fingerprint density at radius 2 is 2.22 bits per heavy atom. The maximum Gasteiger partial charge on any atom is 0.214 e. The molecular formula is C5H2BClFN. The van der Waals surface area contributed by atoms with Crippen molar-refractivity contribution >= 4 is 24.9 Å². The molecule has 0 saturated heterocycles. The highest BCUT2D eigenvalue weighted by atomic mass is 35.5. The van der Waals surface area contributed by atoms with Crippen molar-refractivity contribution in [3.05, 3.63) is 23.2 Å². The first-order valence-corrected chi connectivity index (χ1v) is 2.65. The minimum atomic E-state index is -0.616. The van der Waals surface area contributed by atoms with Crippen LogP contribution in [0.15, 0.2) is 12.1 Å². The molecule has 0 aliphatic rings. The van der Waals surface area contributed by atoms with Crippen LogP contribution in [0.3, 0.4) is 0 Å². The summed E-state index contributed by atoms with van der Waals surface area (Å²) < 4.78 is 12.1. The van der Waals surface area contributed by atoms with Crippen LogP contribution in [0.1, 0.15) is 0 Å². The van der Waals surface area contributed by atoms with Crippen LogP contribution in [0.2, 0.25) is 5.15 Å². The summed E-state index contributed by atoms with van der Waals surface area (Å²) in [6.45, 7) is 0. The van der Waals surface area contributed by atoms with Crippen molar-refractivity contribution in [3.8, 4) is 0 Å². The van der Waals surface area contributed by atoms with Crippen molar-refractivity contribution < 1.29 is 4.39 Å². The summed E-state index contributed by atoms with van der Waals surface area (Å²) in [5, 5.41) is 0.00926. The molecule has 4 heteroatoms. The van der Waals surface area contributed by atoms with E-state index in [2.05, 4.69) is 4.98 Å². The van der Waals surface area contributed by atoms with E-state index in [9.17, 15) is 4.39 Å². The van der Waals surface area contributed by atoms with Gasteiger partial charge in [0.1, 0.15) is 13.0 Å². The fourth-order valence-electron chi connectivity index (χ4n) is 0.423. The van der Waals surface area contributed by atoms with Crippen LogP contribution < -0.4 is 5.46 Å². The molecule has 1 aromatic heterocycles. The predicted octanol–water partition coefficient (Wildman–Crippen LogP) is 0.668. The Morgan fingerprint density at radius 1 is 1.56 bits per heavy atom. The van der Waals surface area contributed by atoms with Crippen LogP contribution in [0.5, 0.6) is 0 Å². The minimum Gasteiger partial charge on any atom is -0.208 e. The second kappa shape index (κ2) is 2.35. The number of nitrogens with zero attached hydrogens (tertiary/aromatic N) is 1. The molecular weight excluding hydrogens is 139 g/mol. The van der Waals surface area contributed by atoms with E-state index in [4.69, 9.17) is 19.4 Å². The quantitative estimate of drug-likeness (QED) is 0.382. The molecule has 1 heterocycles. The molecule has 0 saturated carbocycles. The lowest BCUT2D eigenvalue weighted by atomic mass is 9.99. The van der Waals surface area contributed by atoms with Gasteiger partial charge in [0.2, 0.25) is 5.95 Å². The first kappa shape index (κ1) is 6.55. The van der Waals surface area contributed by atoms with Gasteiger partial charge in [-0.15, -0.1) is 0 Å². The molecule has 1 rings (SSSR count). The summed E-state index contributed by atoms with van der Waals surface area (Å²) in [6, 6.07) is 2.52. The van der Waals surface area contributed by atoms with Gasteiger partial charge in [0.15, 0.2) is 0 Å². The number of pyridine rings is 1. The first-order chi connectivity index (χ1) is 4.20. The summed E-state index contributed by atoms with van der Waals surface area (Å²) in [5.74, 6) is -0.616. The molecule has 2 radical (unpaired) electrons. The highest BCUT2D eigenvalue weighted by Gasteiger charge is 1.95. The van der Waals surface area contributed by atoms with Gasteiger partial charge in [-0.25, -0.2) is 4.98 Å². The van der Waals surface area contributed by atoms with Crippen molar-refractivity contribution in [2.24, 2.45) is 0 Å². The normalized spacial score (nSPS) is 9.56. The molecule has 0 aromatic carbocycles. The smallest absolute Gasteiger partial charge is 0.208 e. The van der Waals surface area contributed by atoms with Crippen LogP contribution in [0.25, 0.3) is 0 Å². The van der Waals surface area contributed by atoms with E-state index in [1.165, 1.54) is 6.07 Å². The van der Waals surface area contributed by atoms with E-state index in [-0.39, 0.29) is 10.6 Å². The third kappa shape index (κ3) is 1.42. The van der Waals surface area contributed by atoms with Gasteiger partial charge >= 0.3 is 0 Å². The van der Waals surface area contributed by atoms with Crippen molar-refractivity contribution in [1.82, 2.24) is 4.98 Å². The fourth-order valence-corrected chi connectivity index (χ4v) is 0.567. The Kier molecular flexibility index (Phi) is 1.71. The molecule has 44 valence electrons. The van der Waals surface area contributed by atoms with Crippen LogP contribution in [-0.4, -0.2) is 12.8 Å². The molecule has 0 spiro atoms. The van der Waals surface area contributed by atoms with Gasteiger partial charge < -0.3 is 0 Å². The maximum absolute atomic E-state index is 12.1. The van der Waals surface area contributed by atoms with Crippen molar-refractivity contribution in [3.63, 3.8) is 0 Å². The van der Waals surface area contributed by atoms with Gasteiger partial charge in [0.05, 0.1) is 0 Å². The van der Waals surface area contributed by atoms with E-state index in [1.54, 1.807) is 0 Å². The molecule has 0 unspecified atom stereocenters. The Labute approximate surface area is 58.3 Å². The summed E-state index contributed by atoms with van der Waals surface area (Å²) >= 11 is 5.34. The zero-order valence-electron chi connectivity index (χ0n) is 4.44. The highest BCUT2D eigenvalue weighted by molar-refractivity contribution is 6.44. The van der Waals surface area contributed by atoms with Gasteiger partial charge in [0.25, 0.3) is 0 Å². The van der Waals surface area contributed by atoms with E-state index in [1.807, 2.05) is 0 Å². The Balaban J connectivity index is 3.17. The molecule has 0 aliphatic carbocycles. The molecule has 0 amide bonds. The number of hydrogen-bond acceptors (Lipinski definition) is 1. The lowest BCUT2D eigenvalue weighted by Gasteiger charge is -1.93. The number of halogens is 2. The molecule has 0 atom stereocenters. The van der Waals surface area contributed by atoms with E-state index < -0.39 is 5.95 Å². The van der Waals surface area contributed by atoms with E-state index >= 15 is 0 Å². The Bertz CT molecular complexity index is 228. The summed E-state index contributed by atoms with van der Waals surface area (Å²) in [5.41, 5.74) is 0.290. The number of hydrogen-bond donors (Lipinski definition) is 0. The van der Waals surface area contributed by atoms with Gasteiger partial charge in [-0.3, -0.25) is 0 Å². The molecule has 1 nitrogen and oxygen atoms in total. The monoisotopic (exact) mass is 141 g/mol. The van der Waals surface area contributed by atoms with Crippen LogP contribution in [-0.2, 0) is 0 Å². The summed E-state index contributed by atoms with van der Waals surface area (Å²) in [7, 11) is 5.23. The minimum absolute atomic E-state index is 0.00926. The molecule has 9 heavy (non-hydrogen) atoms. The van der Waals surface area contributed by atoms with Crippen LogP contribution in [0.4, 0.5) is 4.39 Å². The van der Waals surface area contributed by atoms with Crippen LogP contribution in [0, 0.1) is 5.95 Å². The van der Waals surface area contributed by atoms with Gasteiger partial charge in [0, 0.05) is 0 Å². The lowest BCUT2D eigenvalue weighted by molar-refractivity contribution is 0.585. The molecule has 0 bridgehead atoms. The second-order valence-electron chi connectivity index (χ2n) is 1.51. The predicted molar refractivity (Wildman–Crippen MR) is 34.6 cm³/mol. The van der Waals surface area contributed by atoms with Crippen molar-refractivity contribution in [2.45, 2.75) is 0 Å². The third-order valence-corrected chi connectivity index (χ3v) is 1.15. The third-order valence-electron chi connectivity index (χ3n) is 0.844. The Morgan fingerprint density at radius 3 is 2.67 bits per heavy atom. The topological polar surface area (TPSA) is 12.9 Å². The Hall–Kier alpha value is -0.565. The number of aromatic nitrogens is 1. The zero-order chi connectivity index (χ0) is 6.85. The van der Waals surface area contributed by atoms with Gasteiger partial charge in [-0.05, 0) is 6.07 Å². The molecule has 1 aromatic rings. The highest BCUT2D eigenvalue weighted by Crippen LogP contribution is 1.99. The van der Waals surface area contributed by atoms with Crippen LogP contribution >= 0.6 is 11.6 Å². The summed E-state index contributed by atoms with van der Waals surface area (Å²) in [6.07, 6.45) is 0. The van der Waals surface area contributed by atoms with E-state index in [0.29, 0.717) is 0 Å². The standard InChI is InChI=1S/C5H2BClFN/c6-3-1-2-4(8)9-5(3)7/h1-2H. The van der Waals surface area contributed by atoms with Crippen molar-refractivity contribution in [1.29, 1.82) is 0 Å². The summed E-state index contributed by atoms with van der Waals surface area (Å²) in [4.78, 5) is 3.25. The molecule has 0 N–H and O–H groups in total. The van der Waals surface area contributed by atoms with Gasteiger partial charge in [-0.1, -0.05) is 23.1 Å². The molecule has 0 aliphatic heterocycles. The molecule has 0 fully saturated rings. The zero-order valence-corrected chi connectivity index (χ0v) is 5.19. The first-order valence-electron chi connectivity index (χ1n) is 2.27. The average Bonchev–Trinajstić information content (AvgIpc) is 1.80. The van der Waals surface area contributed by atoms with Crippen molar-refractivity contribution in [2.75, 3.05) is 0 Å². The largest absolute Gasteiger partial charge is 0.214 e. The van der Waals surface area contributed by atoms with Gasteiger partial charge in [-0.2, -0.15) is 4.39 Å². The second-order valence-corrected chi connectivity index (χ2v) is 1.87. The maximum atomic E-state index is 12.1. The lowest BCUT2D eigenvalue weighted by Crippen LogP contribution is -2.05. The SMILES string of the molecule is [B]c1ccc(F)nc1Cl. The average molecular weight is 141 g/mol. The fraction of sp³-hybridized carbons (Fsp3) is 0.